The first-order valence-electron chi connectivity index (χ1n) is 6.43. The van der Waals surface area contributed by atoms with Crippen molar-refractivity contribution >= 4 is 35.0 Å². The predicted molar refractivity (Wildman–Crippen MR) is 81.7 cm³/mol. The summed E-state index contributed by atoms with van der Waals surface area (Å²) in [6.07, 6.45) is 0.379. The van der Waals surface area contributed by atoms with Crippen LogP contribution in [0.25, 0.3) is 0 Å². The largest absolute Gasteiger partial charge is 0.269 e. The molecule has 2 amide bonds. The second-order valence-electron chi connectivity index (χ2n) is 4.79. The van der Waals surface area contributed by atoms with Crippen molar-refractivity contribution in [2.24, 2.45) is 0 Å². The molecule has 0 radical (unpaired) electrons. The van der Waals surface area contributed by atoms with Gasteiger partial charge in [0.25, 0.3) is 11.8 Å². The van der Waals surface area contributed by atoms with Crippen molar-refractivity contribution in [2.75, 3.05) is 0 Å². The Hall–Kier alpha value is -1.84. The monoisotopic (exact) mass is 319 g/mol. The van der Waals surface area contributed by atoms with E-state index in [1.165, 1.54) is 0 Å². The van der Waals surface area contributed by atoms with Gasteiger partial charge in [0, 0.05) is 11.4 Å². The Kier molecular flexibility index (Phi) is 3.70. The van der Waals surface area contributed by atoms with E-state index in [0.717, 1.165) is 10.5 Å². The van der Waals surface area contributed by atoms with Crippen LogP contribution in [0.1, 0.15) is 26.3 Å². The third kappa shape index (κ3) is 2.55. The zero-order valence-corrected chi connectivity index (χ0v) is 12.4. The lowest BCUT2D eigenvalue weighted by Crippen LogP contribution is -2.37. The summed E-state index contributed by atoms with van der Waals surface area (Å²) in [5.41, 5.74) is 1.00. The van der Waals surface area contributed by atoms with Crippen LogP contribution in [-0.2, 0) is 6.42 Å². The van der Waals surface area contributed by atoms with Crippen molar-refractivity contribution in [3.8, 4) is 0 Å². The molecule has 0 N–H and O–H groups in total. The number of hydrogen-bond acceptors (Lipinski definition) is 2. The van der Waals surface area contributed by atoms with Gasteiger partial charge < -0.3 is 0 Å². The van der Waals surface area contributed by atoms with E-state index >= 15 is 0 Å². The van der Waals surface area contributed by atoms with Crippen molar-refractivity contribution in [1.29, 1.82) is 0 Å². The number of fused-ring (bicyclic) bond motifs is 1. The van der Waals surface area contributed by atoms with Crippen LogP contribution in [0, 0.1) is 0 Å². The Morgan fingerprint density at radius 3 is 1.95 bits per heavy atom. The maximum absolute atomic E-state index is 12.3. The van der Waals surface area contributed by atoms with Crippen molar-refractivity contribution in [3.63, 3.8) is 0 Å². The Bertz CT molecular complexity index is 677. The van der Waals surface area contributed by atoms with Gasteiger partial charge >= 0.3 is 0 Å². The van der Waals surface area contributed by atoms with Crippen LogP contribution >= 0.6 is 23.2 Å². The van der Waals surface area contributed by atoms with Gasteiger partial charge in [-0.3, -0.25) is 14.5 Å². The Morgan fingerprint density at radius 2 is 1.43 bits per heavy atom. The summed E-state index contributed by atoms with van der Waals surface area (Å²) < 4.78 is 0. The fraction of sp³-hybridized carbons (Fsp3) is 0.125. The lowest BCUT2D eigenvalue weighted by molar-refractivity contribution is 0.0634. The molecule has 3 rings (SSSR count). The summed E-state index contributed by atoms with van der Waals surface area (Å²) in [6, 6.07) is 13.9. The van der Waals surface area contributed by atoms with Gasteiger partial charge in [0.05, 0.1) is 11.1 Å². The first-order valence-corrected chi connectivity index (χ1v) is 7.25. The van der Waals surface area contributed by atoms with Gasteiger partial charge in [-0.15, -0.1) is 0 Å². The molecule has 1 aliphatic rings. The minimum atomic E-state index is -0.724. The van der Waals surface area contributed by atoms with Gasteiger partial charge in [-0.25, -0.2) is 0 Å². The highest BCUT2D eigenvalue weighted by molar-refractivity contribution is 6.30. The van der Waals surface area contributed by atoms with Crippen LogP contribution in [0.15, 0.2) is 48.5 Å². The van der Waals surface area contributed by atoms with E-state index in [1.54, 1.807) is 36.4 Å². The van der Waals surface area contributed by atoms with E-state index in [9.17, 15) is 9.59 Å². The van der Waals surface area contributed by atoms with Crippen LogP contribution in [0.5, 0.6) is 0 Å². The topological polar surface area (TPSA) is 37.4 Å². The lowest BCUT2D eigenvalue weighted by atomic mass is 10.1. The highest BCUT2D eigenvalue weighted by Crippen LogP contribution is 2.27. The molecule has 21 heavy (non-hydrogen) atoms. The molecule has 0 spiro atoms. The Morgan fingerprint density at radius 1 is 0.905 bits per heavy atom. The van der Waals surface area contributed by atoms with E-state index in [-0.39, 0.29) is 11.8 Å². The summed E-state index contributed by atoms with van der Waals surface area (Å²) in [5.74, 6) is -0.686. The molecule has 0 aliphatic carbocycles. The quantitative estimate of drug-likeness (QED) is 0.491. The fourth-order valence-corrected chi connectivity index (χ4v) is 2.85. The van der Waals surface area contributed by atoms with Crippen LogP contribution in [0.2, 0.25) is 5.02 Å². The molecular formula is C16H11Cl2NO2. The van der Waals surface area contributed by atoms with Crippen LogP contribution in [0.4, 0.5) is 0 Å². The highest BCUT2D eigenvalue weighted by atomic mass is 35.5. The smallest absolute Gasteiger partial charge is 0.262 e. The minimum Gasteiger partial charge on any atom is -0.269 e. The predicted octanol–water partition coefficient (Wildman–Crippen LogP) is 3.74. The van der Waals surface area contributed by atoms with Crippen LogP contribution in [0.3, 0.4) is 0 Å². The van der Waals surface area contributed by atoms with E-state index in [2.05, 4.69) is 0 Å². The third-order valence-corrected chi connectivity index (χ3v) is 4.02. The average molecular weight is 320 g/mol. The van der Waals surface area contributed by atoms with Gasteiger partial charge in [-0.1, -0.05) is 47.5 Å². The fourth-order valence-electron chi connectivity index (χ4n) is 2.37. The number of imide groups is 1. The van der Waals surface area contributed by atoms with Gasteiger partial charge in [-0.05, 0) is 29.8 Å². The summed E-state index contributed by atoms with van der Waals surface area (Å²) in [6.45, 7) is 0. The summed E-state index contributed by atoms with van der Waals surface area (Å²) >= 11 is 12.1. The van der Waals surface area contributed by atoms with E-state index in [4.69, 9.17) is 23.2 Å². The summed E-state index contributed by atoms with van der Waals surface area (Å²) in [7, 11) is 0. The standard InChI is InChI=1S/C16H11Cl2NO2/c17-11-7-5-10(6-8-11)9-14(18)19-15(20)12-3-1-2-4-13(12)16(19)21/h1-8,14H,9H2. The summed E-state index contributed by atoms with van der Waals surface area (Å²) in [4.78, 5) is 25.7. The van der Waals surface area contributed by atoms with E-state index in [1.807, 2.05) is 12.1 Å². The molecule has 5 heteroatoms. The molecule has 3 nitrogen and oxygen atoms in total. The molecule has 0 aromatic heterocycles. The maximum atomic E-state index is 12.3. The number of carbonyl (C=O) groups excluding carboxylic acids is 2. The lowest BCUT2D eigenvalue weighted by Gasteiger charge is -2.20. The molecule has 1 atom stereocenters. The molecule has 0 saturated heterocycles. The van der Waals surface area contributed by atoms with Crippen LogP contribution in [-0.4, -0.2) is 22.2 Å². The normalized spacial score (nSPS) is 15.2. The van der Waals surface area contributed by atoms with Crippen molar-refractivity contribution < 1.29 is 9.59 Å². The van der Waals surface area contributed by atoms with Gasteiger partial charge in [0.1, 0.15) is 5.50 Å². The molecule has 1 aliphatic heterocycles. The first kappa shape index (κ1) is 14.1. The van der Waals surface area contributed by atoms with Crippen LogP contribution < -0.4 is 0 Å². The van der Waals surface area contributed by atoms with E-state index in [0.29, 0.717) is 22.6 Å². The van der Waals surface area contributed by atoms with Crippen molar-refractivity contribution in [2.45, 2.75) is 11.9 Å². The zero-order chi connectivity index (χ0) is 15.0. The average Bonchev–Trinajstić information content (AvgIpc) is 2.74. The molecular weight excluding hydrogens is 309 g/mol. The van der Waals surface area contributed by atoms with Crippen molar-refractivity contribution in [1.82, 2.24) is 4.90 Å². The molecule has 1 heterocycles. The molecule has 2 aromatic rings. The minimum absolute atomic E-state index is 0.343. The second-order valence-corrected chi connectivity index (χ2v) is 5.73. The number of amides is 2. The molecule has 1 unspecified atom stereocenters. The number of alkyl halides is 1. The second kappa shape index (κ2) is 5.51. The SMILES string of the molecule is O=C1c2ccccc2C(=O)N1C(Cl)Cc1ccc(Cl)cc1. The maximum Gasteiger partial charge on any atom is 0.262 e. The Labute approximate surface area is 132 Å². The molecule has 0 fully saturated rings. The van der Waals surface area contributed by atoms with Gasteiger partial charge in [-0.2, -0.15) is 0 Å². The number of halogens is 2. The van der Waals surface area contributed by atoms with Gasteiger partial charge in [0.2, 0.25) is 0 Å². The van der Waals surface area contributed by atoms with Crippen molar-refractivity contribution in [3.05, 3.63) is 70.2 Å². The molecule has 106 valence electrons. The van der Waals surface area contributed by atoms with E-state index < -0.39 is 5.50 Å². The summed E-state index contributed by atoms with van der Waals surface area (Å²) in [5, 5.41) is 0.630. The Balaban J connectivity index is 1.83. The number of rotatable bonds is 3. The van der Waals surface area contributed by atoms with Gasteiger partial charge in [0.15, 0.2) is 0 Å². The molecule has 0 saturated carbocycles. The number of carbonyl (C=O) groups is 2. The number of benzene rings is 2. The molecule has 0 bridgehead atoms. The first-order chi connectivity index (χ1) is 10.1. The number of nitrogens with zero attached hydrogens (tertiary/aromatic N) is 1. The third-order valence-electron chi connectivity index (χ3n) is 3.42. The highest BCUT2D eigenvalue weighted by Gasteiger charge is 2.38. The molecule has 2 aromatic carbocycles. The zero-order valence-electron chi connectivity index (χ0n) is 10.9. The number of hydrogen-bond donors (Lipinski definition) is 0.